The topological polar surface area (TPSA) is 98.0 Å². The van der Waals surface area contributed by atoms with Crippen LogP contribution in [0.3, 0.4) is 0 Å². The molecule has 0 aliphatic carbocycles. The van der Waals surface area contributed by atoms with E-state index in [1.165, 1.54) is 42.6 Å². The van der Waals surface area contributed by atoms with Crippen molar-refractivity contribution in [1.29, 1.82) is 0 Å². The zero-order valence-electron chi connectivity index (χ0n) is 19.7. The number of methoxy groups -OCH3 is 2. The van der Waals surface area contributed by atoms with E-state index < -0.39 is 10.8 Å². The summed E-state index contributed by atoms with van der Waals surface area (Å²) in [6.45, 7) is 5.13. The maximum atomic E-state index is 13.7. The van der Waals surface area contributed by atoms with Gasteiger partial charge in [-0.05, 0) is 58.1 Å². The molecule has 0 fully saturated rings. The van der Waals surface area contributed by atoms with Gasteiger partial charge in [0.05, 0.1) is 35.4 Å². The number of hydrogen-bond donors (Lipinski definition) is 0. The molecule has 1 aromatic heterocycles. The van der Waals surface area contributed by atoms with Crippen LogP contribution in [0.5, 0.6) is 11.5 Å². The highest BCUT2D eigenvalue weighted by atomic mass is 32.1. The Morgan fingerprint density at radius 1 is 1.12 bits per heavy atom. The standard InChI is InChI=1S/C23H28N4O5S/c1-14-8-9-20-21(15(14)2)24-23(33-20)26(11-7-10-25(3)4)22(28)16-12-18(31-5)19(32-6)13-17(16)27(29)30/h8-9,12-13H,7,10-11H2,1-6H3. The van der Waals surface area contributed by atoms with Crippen molar-refractivity contribution in [2.45, 2.75) is 20.3 Å². The third-order valence-corrected chi connectivity index (χ3v) is 6.51. The summed E-state index contributed by atoms with van der Waals surface area (Å²) in [7, 11) is 6.72. The highest BCUT2D eigenvalue weighted by Gasteiger charge is 2.30. The van der Waals surface area contributed by atoms with Gasteiger partial charge in [-0.3, -0.25) is 19.8 Å². The third-order valence-electron chi connectivity index (χ3n) is 5.47. The lowest BCUT2D eigenvalue weighted by Crippen LogP contribution is -2.34. The van der Waals surface area contributed by atoms with Crippen molar-refractivity contribution in [2.75, 3.05) is 46.3 Å². The van der Waals surface area contributed by atoms with Gasteiger partial charge in [0.2, 0.25) is 0 Å². The zero-order chi connectivity index (χ0) is 24.3. The van der Waals surface area contributed by atoms with Gasteiger partial charge in [0.1, 0.15) is 5.56 Å². The second kappa shape index (κ2) is 10.1. The second-order valence-corrected chi connectivity index (χ2v) is 8.95. The number of ether oxygens (including phenoxy) is 2. The molecule has 3 rings (SSSR count). The fraction of sp³-hybridized carbons (Fsp3) is 0.391. The van der Waals surface area contributed by atoms with E-state index in [0.717, 1.165) is 27.9 Å². The summed E-state index contributed by atoms with van der Waals surface area (Å²) in [6, 6.07) is 6.59. The number of aryl methyl sites for hydroxylation is 2. The zero-order valence-corrected chi connectivity index (χ0v) is 20.5. The van der Waals surface area contributed by atoms with Crippen molar-refractivity contribution in [2.24, 2.45) is 0 Å². The molecule has 0 bridgehead atoms. The number of benzene rings is 2. The van der Waals surface area contributed by atoms with E-state index in [1.54, 1.807) is 0 Å². The number of carbonyl (C=O) groups is 1. The van der Waals surface area contributed by atoms with E-state index in [9.17, 15) is 14.9 Å². The Bertz CT molecular complexity index is 1190. The van der Waals surface area contributed by atoms with Gasteiger partial charge in [-0.15, -0.1) is 0 Å². The molecule has 2 aromatic carbocycles. The Morgan fingerprint density at radius 3 is 2.39 bits per heavy atom. The summed E-state index contributed by atoms with van der Waals surface area (Å²) < 4.78 is 11.4. The third kappa shape index (κ3) is 5.07. The largest absolute Gasteiger partial charge is 0.493 e. The summed E-state index contributed by atoms with van der Waals surface area (Å²) in [5, 5.41) is 12.3. The molecule has 3 aromatic rings. The fourth-order valence-corrected chi connectivity index (χ4v) is 4.54. The van der Waals surface area contributed by atoms with Gasteiger partial charge in [0.25, 0.3) is 11.6 Å². The van der Waals surface area contributed by atoms with Crippen LogP contribution in [0.25, 0.3) is 10.2 Å². The lowest BCUT2D eigenvalue weighted by atomic mass is 10.1. The minimum absolute atomic E-state index is 0.0744. The molecule has 0 radical (unpaired) electrons. The number of nitro benzene ring substituents is 1. The van der Waals surface area contributed by atoms with Crippen molar-refractivity contribution < 1.29 is 19.2 Å². The number of fused-ring (bicyclic) bond motifs is 1. The monoisotopic (exact) mass is 472 g/mol. The number of anilines is 1. The quantitative estimate of drug-likeness (QED) is 0.335. The first-order chi connectivity index (χ1) is 15.7. The molecule has 0 saturated carbocycles. The molecular weight excluding hydrogens is 444 g/mol. The predicted molar refractivity (Wildman–Crippen MR) is 130 cm³/mol. The van der Waals surface area contributed by atoms with Crippen LogP contribution in [-0.2, 0) is 0 Å². The number of nitrogens with zero attached hydrogens (tertiary/aromatic N) is 4. The SMILES string of the molecule is COc1cc(C(=O)N(CCCN(C)C)c2nc3c(C)c(C)ccc3s2)c([N+](=O)[O-])cc1OC. The normalized spacial score (nSPS) is 11.1. The first-order valence-electron chi connectivity index (χ1n) is 10.4. The van der Waals surface area contributed by atoms with Gasteiger partial charge < -0.3 is 14.4 Å². The maximum absolute atomic E-state index is 13.7. The Hall–Kier alpha value is -3.24. The molecular formula is C23H28N4O5S. The van der Waals surface area contributed by atoms with Crippen LogP contribution in [-0.4, -0.2) is 62.1 Å². The minimum Gasteiger partial charge on any atom is -0.493 e. The van der Waals surface area contributed by atoms with Crippen LogP contribution < -0.4 is 14.4 Å². The lowest BCUT2D eigenvalue weighted by molar-refractivity contribution is -0.385. The van der Waals surface area contributed by atoms with Gasteiger partial charge in [0, 0.05) is 12.6 Å². The number of nitro groups is 1. The number of amides is 1. The van der Waals surface area contributed by atoms with E-state index in [2.05, 4.69) is 0 Å². The van der Waals surface area contributed by atoms with Crippen LogP contribution in [0, 0.1) is 24.0 Å². The molecule has 0 spiro atoms. The number of rotatable bonds is 9. The molecule has 0 N–H and O–H groups in total. The summed E-state index contributed by atoms with van der Waals surface area (Å²) >= 11 is 1.40. The molecule has 9 nitrogen and oxygen atoms in total. The number of carbonyl (C=O) groups excluding carboxylic acids is 1. The lowest BCUT2D eigenvalue weighted by Gasteiger charge is -2.21. The molecule has 176 valence electrons. The van der Waals surface area contributed by atoms with Gasteiger partial charge in [-0.2, -0.15) is 0 Å². The van der Waals surface area contributed by atoms with Crippen molar-refractivity contribution in [1.82, 2.24) is 9.88 Å². The first-order valence-corrected chi connectivity index (χ1v) is 11.2. The molecule has 0 atom stereocenters. The van der Waals surface area contributed by atoms with Crippen LogP contribution >= 0.6 is 11.3 Å². The Labute approximate surface area is 196 Å². The molecule has 10 heteroatoms. The van der Waals surface area contributed by atoms with E-state index in [4.69, 9.17) is 14.5 Å². The summed E-state index contributed by atoms with van der Waals surface area (Å²) in [4.78, 5) is 33.2. The van der Waals surface area contributed by atoms with E-state index in [-0.39, 0.29) is 22.7 Å². The van der Waals surface area contributed by atoms with Crippen molar-refractivity contribution >= 4 is 38.3 Å². The highest BCUT2D eigenvalue weighted by Crippen LogP contribution is 2.37. The van der Waals surface area contributed by atoms with Crippen molar-refractivity contribution in [3.8, 4) is 11.5 Å². The van der Waals surface area contributed by atoms with Crippen molar-refractivity contribution in [3.05, 3.63) is 51.1 Å². The molecule has 0 saturated heterocycles. The minimum atomic E-state index is -0.584. The van der Waals surface area contributed by atoms with Gasteiger partial charge >= 0.3 is 0 Å². The summed E-state index contributed by atoms with van der Waals surface area (Å²) in [5.41, 5.74) is 2.58. The fourth-order valence-electron chi connectivity index (χ4n) is 3.49. The number of thiazole rings is 1. The van der Waals surface area contributed by atoms with Crippen LogP contribution in [0.1, 0.15) is 27.9 Å². The molecule has 1 heterocycles. The van der Waals surface area contributed by atoms with Crippen LogP contribution in [0.4, 0.5) is 10.8 Å². The maximum Gasteiger partial charge on any atom is 0.286 e. The highest BCUT2D eigenvalue weighted by molar-refractivity contribution is 7.22. The first kappa shape index (κ1) is 24.4. The average Bonchev–Trinajstić information content (AvgIpc) is 3.22. The Kier molecular flexibility index (Phi) is 7.50. The van der Waals surface area contributed by atoms with E-state index in [1.807, 2.05) is 45.0 Å². The van der Waals surface area contributed by atoms with Gasteiger partial charge in [-0.1, -0.05) is 17.4 Å². The van der Waals surface area contributed by atoms with E-state index >= 15 is 0 Å². The Balaban J connectivity index is 2.12. The smallest absolute Gasteiger partial charge is 0.286 e. The molecule has 0 unspecified atom stereocenters. The van der Waals surface area contributed by atoms with Crippen LogP contribution in [0.2, 0.25) is 0 Å². The number of hydrogen-bond acceptors (Lipinski definition) is 8. The average molecular weight is 473 g/mol. The van der Waals surface area contributed by atoms with E-state index in [0.29, 0.717) is 18.1 Å². The summed E-state index contributed by atoms with van der Waals surface area (Å²) in [5.74, 6) is -0.0729. The molecule has 0 aliphatic rings. The predicted octanol–water partition coefficient (Wildman–Crippen LogP) is 4.44. The van der Waals surface area contributed by atoms with Gasteiger partial charge in [0.15, 0.2) is 16.6 Å². The van der Waals surface area contributed by atoms with Crippen LogP contribution in [0.15, 0.2) is 24.3 Å². The number of aromatic nitrogens is 1. The molecule has 0 aliphatic heterocycles. The molecule has 1 amide bonds. The molecule has 33 heavy (non-hydrogen) atoms. The van der Waals surface area contributed by atoms with Crippen molar-refractivity contribution in [3.63, 3.8) is 0 Å². The second-order valence-electron chi connectivity index (χ2n) is 7.95. The van der Waals surface area contributed by atoms with Gasteiger partial charge in [-0.25, -0.2) is 4.98 Å². The summed E-state index contributed by atoms with van der Waals surface area (Å²) in [6.07, 6.45) is 0.674. The Morgan fingerprint density at radius 2 is 1.79 bits per heavy atom.